The van der Waals surface area contributed by atoms with Crippen LogP contribution in [0.4, 0.5) is 4.39 Å². The van der Waals surface area contributed by atoms with Crippen LogP contribution in [0.2, 0.25) is 0 Å². The molecule has 0 saturated heterocycles. The van der Waals surface area contributed by atoms with Crippen LogP contribution in [0.3, 0.4) is 0 Å². The van der Waals surface area contributed by atoms with E-state index in [1.165, 1.54) is 12.1 Å². The Balaban J connectivity index is 2.22. The van der Waals surface area contributed by atoms with Crippen molar-refractivity contribution in [2.45, 2.75) is 6.42 Å². The molecule has 0 fully saturated rings. The Hall–Kier alpha value is -1.90. The van der Waals surface area contributed by atoms with Crippen LogP contribution in [0.5, 0.6) is 5.75 Å². The van der Waals surface area contributed by atoms with Crippen molar-refractivity contribution in [3.8, 4) is 5.75 Å². The van der Waals surface area contributed by atoms with Crippen LogP contribution >= 0.6 is 0 Å². The van der Waals surface area contributed by atoms with Crippen LogP contribution < -0.4 is 0 Å². The van der Waals surface area contributed by atoms with Gasteiger partial charge < -0.3 is 5.11 Å². The van der Waals surface area contributed by atoms with E-state index in [1.54, 1.807) is 18.5 Å². The Morgan fingerprint density at radius 3 is 2.73 bits per heavy atom. The fourth-order valence-corrected chi connectivity index (χ4v) is 1.40. The summed E-state index contributed by atoms with van der Waals surface area (Å²) >= 11 is 0. The lowest BCUT2D eigenvalue weighted by Gasteiger charge is -2.02. The number of aromatic nitrogens is 1. The second kappa shape index (κ2) is 4.09. The van der Waals surface area contributed by atoms with Crippen molar-refractivity contribution >= 4 is 0 Å². The molecule has 0 unspecified atom stereocenters. The lowest BCUT2D eigenvalue weighted by atomic mass is 10.1. The van der Waals surface area contributed by atoms with Crippen molar-refractivity contribution in [1.29, 1.82) is 0 Å². The number of benzene rings is 1. The number of halogens is 1. The molecule has 1 N–H and O–H groups in total. The molecule has 0 radical (unpaired) electrons. The molecule has 0 amide bonds. The lowest BCUT2D eigenvalue weighted by molar-refractivity contribution is 0.432. The Morgan fingerprint density at radius 2 is 2.07 bits per heavy atom. The van der Waals surface area contributed by atoms with E-state index in [2.05, 4.69) is 4.98 Å². The van der Waals surface area contributed by atoms with Crippen LogP contribution in [-0.2, 0) is 6.42 Å². The summed E-state index contributed by atoms with van der Waals surface area (Å²) in [6.07, 6.45) is 4.05. The maximum absolute atomic E-state index is 13.0. The molecule has 0 aliphatic heterocycles. The molecule has 2 nitrogen and oxygen atoms in total. The molecule has 0 aliphatic carbocycles. The van der Waals surface area contributed by atoms with Crippen LogP contribution in [0.1, 0.15) is 11.1 Å². The van der Waals surface area contributed by atoms with Gasteiger partial charge in [0.05, 0.1) is 0 Å². The maximum atomic E-state index is 13.0. The minimum Gasteiger partial charge on any atom is -0.505 e. The molecule has 1 aromatic heterocycles. The zero-order chi connectivity index (χ0) is 10.7. The zero-order valence-corrected chi connectivity index (χ0v) is 8.02. The molecular formula is C12H10FNO. The monoisotopic (exact) mass is 203 g/mol. The average Bonchev–Trinajstić information content (AvgIpc) is 2.25. The van der Waals surface area contributed by atoms with Crippen molar-refractivity contribution in [2.75, 3.05) is 0 Å². The maximum Gasteiger partial charge on any atom is 0.165 e. The van der Waals surface area contributed by atoms with E-state index in [-0.39, 0.29) is 5.75 Å². The summed E-state index contributed by atoms with van der Waals surface area (Å²) in [6.45, 7) is 0. The summed E-state index contributed by atoms with van der Waals surface area (Å²) in [7, 11) is 0. The molecule has 1 aromatic carbocycles. The first kappa shape index (κ1) is 9.65. The van der Waals surface area contributed by atoms with Gasteiger partial charge in [-0.25, -0.2) is 4.39 Å². The molecule has 0 aliphatic rings. The van der Waals surface area contributed by atoms with Gasteiger partial charge in [-0.15, -0.1) is 0 Å². The smallest absolute Gasteiger partial charge is 0.165 e. The highest BCUT2D eigenvalue weighted by atomic mass is 19.1. The second-order valence-corrected chi connectivity index (χ2v) is 3.32. The van der Waals surface area contributed by atoms with Gasteiger partial charge in [0.2, 0.25) is 0 Å². The molecule has 76 valence electrons. The predicted molar refractivity (Wildman–Crippen MR) is 55.1 cm³/mol. The highest BCUT2D eigenvalue weighted by Crippen LogP contribution is 2.18. The van der Waals surface area contributed by atoms with Crippen molar-refractivity contribution in [3.05, 3.63) is 59.7 Å². The number of hydrogen-bond donors (Lipinski definition) is 1. The van der Waals surface area contributed by atoms with E-state index >= 15 is 0 Å². The predicted octanol–water partition coefficient (Wildman–Crippen LogP) is 2.52. The van der Waals surface area contributed by atoms with Gasteiger partial charge in [0, 0.05) is 12.4 Å². The number of phenols is 1. The fraction of sp³-hybridized carbons (Fsp3) is 0.0833. The first-order valence-electron chi connectivity index (χ1n) is 4.62. The molecule has 0 bridgehead atoms. The van der Waals surface area contributed by atoms with Gasteiger partial charge in [0.1, 0.15) is 0 Å². The summed E-state index contributed by atoms with van der Waals surface area (Å²) in [5.41, 5.74) is 1.83. The van der Waals surface area contributed by atoms with Crippen molar-refractivity contribution < 1.29 is 9.50 Å². The number of pyridine rings is 1. The topological polar surface area (TPSA) is 33.1 Å². The first-order chi connectivity index (χ1) is 7.25. The van der Waals surface area contributed by atoms with Crippen LogP contribution in [0, 0.1) is 5.82 Å². The quantitative estimate of drug-likeness (QED) is 0.813. The number of phenolic OH excluding ortho intramolecular Hbond substituents is 1. The molecule has 1 heterocycles. The number of nitrogens with zero attached hydrogens (tertiary/aromatic N) is 1. The normalized spacial score (nSPS) is 10.2. The Labute approximate surface area is 87.0 Å². The number of rotatable bonds is 2. The first-order valence-corrected chi connectivity index (χ1v) is 4.62. The molecule has 0 saturated carbocycles. The summed E-state index contributed by atoms with van der Waals surface area (Å²) < 4.78 is 13.0. The lowest BCUT2D eigenvalue weighted by Crippen LogP contribution is -1.89. The van der Waals surface area contributed by atoms with Gasteiger partial charge in [-0.1, -0.05) is 12.1 Å². The number of aromatic hydroxyl groups is 1. The molecule has 3 heteroatoms. The van der Waals surface area contributed by atoms with E-state index in [4.69, 9.17) is 5.11 Å². The second-order valence-electron chi connectivity index (χ2n) is 3.32. The largest absolute Gasteiger partial charge is 0.505 e. The Kier molecular flexibility index (Phi) is 2.63. The van der Waals surface area contributed by atoms with E-state index in [0.717, 1.165) is 11.1 Å². The van der Waals surface area contributed by atoms with Crippen LogP contribution in [0.15, 0.2) is 42.7 Å². The molecule has 2 aromatic rings. The average molecular weight is 203 g/mol. The van der Waals surface area contributed by atoms with Crippen LogP contribution in [-0.4, -0.2) is 10.1 Å². The summed E-state index contributed by atoms with van der Waals surface area (Å²) in [5, 5.41) is 9.02. The van der Waals surface area contributed by atoms with Crippen molar-refractivity contribution in [3.63, 3.8) is 0 Å². The third kappa shape index (κ3) is 2.31. The minimum absolute atomic E-state index is 0.315. The highest BCUT2D eigenvalue weighted by Gasteiger charge is 2.02. The Bertz CT molecular complexity index is 456. The van der Waals surface area contributed by atoms with Crippen molar-refractivity contribution in [1.82, 2.24) is 4.98 Å². The van der Waals surface area contributed by atoms with Gasteiger partial charge in [-0.3, -0.25) is 4.98 Å². The summed E-state index contributed by atoms with van der Waals surface area (Å²) in [4.78, 5) is 3.98. The van der Waals surface area contributed by atoms with Gasteiger partial charge in [0.15, 0.2) is 11.6 Å². The minimum atomic E-state index is -0.587. The molecule has 0 spiro atoms. The van der Waals surface area contributed by atoms with Gasteiger partial charge in [-0.05, 0) is 35.7 Å². The number of hydrogen-bond acceptors (Lipinski definition) is 2. The van der Waals surface area contributed by atoms with Gasteiger partial charge in [-0.2, -0.15) is 0 Å². The van der Waals surface area contributed by atoms with Gasteiger partial charge in [0.25, 0.3) is 0 Å². The Morgan fingerprint density at radius 1 is 1.20 bits per heavy atom. The van der Waals surface area contributed by atoms with Crippen LogP contribution in [0.25, 0.3) is 0 Å². The summed E-state index contributed by atoms with van der Waals surface area (Å²) in [5.74, 6) is -0.902. The zero-order valence-electron chi connectivity index (χ0n) is 8.02. The van der Waals surface area contributed by atoms with E-state index in [1.807, 2.05) is 12.1 Å². The molecule has 2 rings (SSSR count). The van der Waals surface area contributed by atoms with Gasteiger partial charge >= 0.3 is 0 Å². The van der Waals surface area contributed by atoms with E-state index in [9.17, 15) is 4.39 Å². The van der Waals surface area contributed by atoms with Crippen molar-refractivity contribution in [2.24, 2.45) is 0 Å². The molecule has 15 heavy (non-hydrogen) atoms. The van der Waals surface area contributed by atoms with E-state index < -0.39 is 5.82 Å². The standard InChI is InChI=1S/C12H10FNO/c13-11-7-9(3-4-12(11)15)6-10-2-1-5-14-8-10/h1-5,7-8,15H,6H2. The third-order valence-corrected chi connectivity index (χ3v) is 2.14. The SMILES string of the molecule is Oc1ccc(Cc2cccnc2)cc1F. The summed E-state index contributed by atoms with van der Waals surface area (Å²) in [6, 6.07) is 8.17. The molecule has 0 atom stereocenters. The fourth-order valence-electron chi connectivity index (χ4n) is 1.40. The third-order valence-electron chi connectivity index (χ3n) is 2.14. The van der Waals surface area contributed by atoms with E-state index in [0.29, 0.717) is 6.42 Å². The highest BCUT2D eigenvalue weighted by molar-refractivity contribution is 5.31. The molecular weight excluding hydrogens is 193 g/mol.